The van der Waals surface area contributed by atoms with Crippen LogP contribution in [0.25, 0.3) is 0 Å². The Hall–Kier alpha value is -2.93. The van der Waals surface area contributed by atoms with Crippen molar-refractivity contribution in [1.29, 1.82) is 0 Å². The fourth-order valence-corrected chi connectivity index (χ4v) is 2.46. The Balaban J connectivity index is 1.96. The zero-order chi connectivity index (χ0) is 19.8. The van der Waals surface area contributed by atoms with E-state index in [9.17, 15) is 18.8 Å². The Bertz CT molecular complexity index is 828. The maximum atomic E-state index is 13.6. The molecule has 0 aliphatic rings. The number of amides is 1. The molecule has 1 atom stereocenters. The number of carbonyl (C=O) groups is 3. The second-order valence-electron chi connectivity index (χ2n) is 5.53. The summed E-state index contributed by atoms with van der Waals surface area (Å²) in [6.45, 7) is -0.687. The van der Waals surface area contributed by atoms with Gasteiger partial charge in [0.1, 0.15) is 11.9 Å². The molecule has 0 fully saturated rings. The van der Waals surface area contributed by atoms with Gasteiger partial charge in [-0.25, -0.2) is 14.0 Å². The molecule has 2 aromatic rings. The molecule has 0 aliphatic heterocycles. The highest BCUT2D eigenvalue weighted by Gasteiger charge is 2.23. The van der Waals surface area contributed by atoms with Crippen LogP contribution >= 0.6 is 11.6 Å². The molecule has 0 radical (unpaired) electrons. The SMILES string of the molecule is COC(=O)[C@H](Cc1ccccc1)NC(=O)COC(=O)c1cc(Cl)ccc1F. The first-order chi connectivity index (χ1) is 12.9. The van der Waals surface area contributed by atoms with E-state index in [1.165, 1.54) is 13.2 Å². The van der Waals surface area contributed by atoms with Crippen LogP contribution in [0.1, 0.15) is 15.9 Å². The number of methoxy groups -OCH3 is 1. The van der Waals surface area contributed by atoms with Crippen LogP contribution in [0.4, 0.5) is 4.39 Å². The van der Waals surface area contributed by atoms with Gasteiger partial charge in [-0.15, -0.1) is 0 Å². The molecule has 0 unspecified atom stereocenters. The van der Waals surface area contributed by atoms with Crippen molar-refractivity contribution in [1.82, 2.24) is 5.32 Å². The first-order valence-electron chi connectivity index (χ1n) is 7.94. The topological polar surface area (TPSA) is 81.7 Å². The summed E-state index contributed by atoms with van der Waals surface area (Å²) < 4.78 is 23.1. The Labute approximate surface area is 160 Å². The monoisotopic (exact) mass is 393 g/mol. The lowest BCUT2D eigenvalue weighted by atomic mass is 10.1. The Kier molecular flexibility index (Phi) is 7.31. The smallest absolute Gasteiger partial charge is 0.341 e. The summed E-state index contributed by atoms with van der Waals surface area (Å²) in [4.78, 5) is 35.8. The van der Waals surface area contributed by atoms with Gasteiger partial charge in [0, 0.05) is 11.4 Å². The molecule has 0 aromatic heterocycles. The summed E-state index contributed by atoms with van der Waals surface area (Å²) in [6.07, 6.45) is 0.204. The van der Waals surface area contributed by atoms with Crippen molar-refractivity contribution in [3.05, 3.63) is 70.5 Å². The highest BCUT2D eigenvalue weighted by atomic mass is 35.5. The maximum absolute atomic E-state index is 13.6. The molecule has 0 heterocycles. The zero-order valence-corrected chi connectivity index (χ0v) is 15.2. The third kappa shape index (κ3) is 6.07. The molecule has 1 N–H and O–H groups in total. The van der Waals surface area contributed by atoms with Crippen molar-refractivity contribution in [3.63, 3.8) is 0 Å². The quantitative estimate of drug-likeness (QED) is 0.731. The van der Waals surface area contributed by atoms with Crippen LogP contribution in [0.2, 0.25) is 5.02 Å². The summed E-state index contributed by atoms with van der Waals surface area (Å²) in [5.41, 5.74) is 0.426. The number of hydrogen-bond donors (Lipinski definition) is 1. The molecule has 2 aromatic carbocycles. The van der Waals surface area contributed by atoms with Crippen LogP contribution in [0.5, 0.6) is 0 Å². The van der Waals surface area contributed by atoms with Crippen LogP contribution in [0, 0.1) is 5.82 Å². The van der Waals surface area contributed by atoms with E-state index in [2.05, 4.69) is 10.1 Å². The molecule has 142 valence electrons. The number of nitrogens with one attached hydrogen (secondary N) is 1. The van der Waals surface area contributed by atoms with Crippen LogP contribution in [-0.2, 0) is 25.5 Å². The van der Waals surface area contributed by atoms with E-state index in [1.54, 1.807) is 24.3 Å². The van der Waals surface area contributed by atoms with Gasteiger partial charge in [0.15, 0.2) is 6.61 Å². The molecule has 8 heteroatoms. The van der Waals surface area contributed by atoms with Gasteiger partial charge in [-0.05, 0) is 23.8 Å². The van der Waals surface area contributed by atoms with Crippen molar-refractivity contribution in [2.24, 2.45) is 0 Å². The van der Waals surface area contributed by atoms with Gasteiger partial charge in [-0.3, -0.25) is 4.79 Å². The summed E-state index contributed by atoms with van der Waals surface area (Å²) in [5, 5.41) is 2.59. The van der Waals surface area contributed by atoms with E-state index < -0.39 is 36.3 Å². The predicted molar refractivity (Wildman–Crippen MR) is 95.8 cm³/mol. The number of rotatable bonds is 7. The average Bonchev–Trinajstić information content (AvgIpc) is 2.67. The zero-order valence-electron chi connectivity index (χ0n) is 14.4. The molecule has 27 heavy (non-hydrogen) atoms. The number of benzene rings is 2. The minimum atomic E-state index is -1.04. The molecule has 0 saturated carbocycles. The van der Waals surface area contributed by atoms with Crippen LogP contribution in [0.3, 0.4) is 0 Å². The van der Waals surface area contributed by atoms with Crippen molar-refractivity contribution in [2.45, 2.75) is 12.5 Å². The number of carbonyl (C=O) groups excluding carboxylic acids is 3. The highest BCUT2D eigenvalue weighted by Crippen LogP contribution is 2.15. The fourth-order valence-electron chi connectivity index (χ4n) is 2.28. The first kappa shape index (κ1) is 20.4. The normalized spacial score (nSPS) is 11.4. The van der Waals surface area contributed by atoms with Crippen molar-refractivity contribution in [3.8, 4) is 0 Å². The van der Waals surface area contributed by atoms with E-state index in [0.717, 1.165) is 17.7 Å². The van der Waals surface area contributed by atoms with Gasteiger partial charge in [0.25, 0.3) is 5.91 Å². The molecule has 0 saturated heterocycles. The molecular weight excluding hydrogens is 377 g/mol. The van der Waals surface area contributed by atoms with Gasteiger partial charge < -0.3 is 14.8 Å². The van der Waals surface area contributed by atoms with Gasteiger partial charge >= 0.3 is 11.9 Å². The fraction of sp³-hybridized carbons (Fsp3) is 0.211. The van der Waals surface area contributed by atoms with E-state index in [1.807, 2.05) is 6.07 Å². The van der Waals surface area contributed by atoms with E-state index in [0.29, 0.717) is 0 Å². The summed E-state index contributed by atoms with van der Waals surface area (Å²) >= 11 is 5.72. The average molecular weight is 394 g/mol. The summed E-state index contributed by atoms with van der Waals surface area (Å²) in [7, 11) is 1.20. The molecule has 1 amide bonds. The van der Waals surface area contributed by atoms with Gasteiger partial charge in [-0.2, -0.15) is 0 Å². The minimum absolute atomic E-state index is 0.154. The Morgan fingerprint density at radius 3 is 2.52 bits per heavy atom. The van der Waals surface area contributed by atoms with Crippen LogP contribution in [0.15, 0.2) is 48.5 Å². The third-order valence-corrected chi connectivity index (χ3v) is 3.82. The molecule has 6 nitrogen and oxygen atoms in total. The lowest BCUT2D eigenvalue weighted by molar-refractivity contribution is -0.145. The van der Waals surface area contributed by atoms with Crippen molar-refractivity contribution >= 4 is 29.4 Å². The maximum Gasteiger partial charge on any atom is 0.341 e. The van der Waals surface area contributed by atoms with Crippen LogP contribution < -0.4 is 5.32 Å². The van der Waals surface area contributed by atoms with Gasteiger partial charge in [0.2, 0.25) is 0 Å². The number of halogens is 2. The van der Waals surface area contributed by atoms with Crippen molar-refractivity contribution in [2.75, 3.05) is 13.7 Å². The van der Waals surface area contributed by atoms with E-state index >= 15 is 0 Å². The molecular formula is C19H17ClFNO5. The summed E-state index contributed by atoms with van der Waals surface area (Å²) in [5.74, 6) is -3.22. The van der Waals surface area contributed by atoms with Gasteiger partial charge in [0.05, 0.1) is 12.7 Å². The minimum Gasteiger partial charge on any atom is -0.467 e. The third-order valence-electron chi connectivity index (χ3n) is 3.59. The second kappa shape index (κ2) is 9.68. The molecule has 0 aliphatic carbocycles. The number of hydrogen-bond acceptors (Lipinski definition) is 5. The number of ether oxygens (including phenoxy) is 2. The standard InChI is InChI=1S/C19H17ClFNO5/c1-26-19(25)16(9-12-5-3-2-4-6-12)22-17(23)11-27-18(24)14-10-13(20)7-8-15(14)21/h2-8,10,16H,9,11H2,1H3,(H,22,23)/t16-/m0/s1. The lowest BCUT2D eigenvalue weighted by Crippen LogP contribution is -2.44. The summed E-state index contributed by atoms with van der Waals surface area (Å²) in [6, 6.07) is 11.5. The van der Waals surface area contributed by atoms with E-state index in [-0.39, 0.29) is 17.0 Å². The second-order valence-corrected chi connectivity index (χ2v) is 5.97. The van der Waals surface area contributed by atoms with Crippen molar-refractivity contribution < 1.29 is 28.2 Å². The Morgan fingerprint density at radius 2 is 1.85 bits per heavy atom. The molecule has 0 bridgehead atoms. The van der Waals surface area contributed by atoms with Crippen LogP contribution in [-0.4, -0.2) is 37.6 Å². The Morgan fingerprint density at radius 1 is 1.15 bits per heavy atom. The van der Waals surface area contributed by atoms with Gasteiger partial charge in [-0.1, -0.05) is 41.9 Å². The van der Waals surface area contributed by atoms with E-state index in [4.69, 9.17) is 16.3 Å². The molecule has 2 rings (SSSR count). The lowest BCUT2D eigenvalue weighted by Gasteiger charge is -2.16. The highest BCUT2D eigenvalue weighted by molar-refractivity contribution is 6.30. The predicted octanol–water partition coefficient (Wildman–Crippen LogP) is 2.54. The largest absolute Gasteiger partial charge is 0.467 e. The molecule has 0 spiro atoms. The first-order valence-corrected chi connectivity index (χ1v) is 8.31. The number of esters is 2.